The van der Waals surface area contributed by atoms with Gasteiger partial charge in [0.05, 0.1) is 27.1 Å². The van der Waals surface area contributed by atoms with Gasteiger partial charge in [-0.15, -0.1) is 0 Å². The van der Waals surface area contributed by atoms with Crippen molar-refractivity contribution in [3.05, 3.63) is 65.5 Å². The molecule has 1 aromatic heterocycles. The summed E-state index contributed by atoms with van der Waals surface area (Å²) in [6.45, 7) is 1.90. The lowest BCUT2D eigenvalue weighted by Gasteiger charge is -2.10. The van der Waals surface area contributed by atoms with Crippen LogP contribution < -0.4 is 10.2 Å². The maximum absolute atomic E-state index is 11.7. The fourth-order valence-electron chi connectivity index (χ4n) is 1.90. The number of nitro groups is 2. The maximum Gasteiger partial charge on any atom is 0.333 e. The van der Waals surface area contributed by atoms with Crippen LogP contribution in [0, 0.1) is 20.2 Å². The van der Waals surface area contributed by atoms with Gasteiger partial charge in [-0.05, 0) is 28.9 Å². The summed E-state index contributed by atoms with van der Waals surface area (Å²) in [4.78, 5) is 32.2. The summed E-state index contributed by atoms with van der Waals surface area (Å²) in [5.41, 5.74) is -1.21. The molecule has 0 unspecified atom stereocenters. The quantitative estimate of drug-likeness (QED) is 0.578. The van der Waals surface area contributed by atoms with Gasteiger partial charge in [-0.2, -0.15) is 0 Å². The van der Waals surface area contributed by atoms with Crippen LogP contribution in [0.5, 0.6) is 5.75 Å². The third-order valence-electron chi connectivity index (χ3n) is 2.90. The van der Waals surface area contributed by atoms with Crippen LogP contribution in [-0.4, -0.2) is 21.0 Å². The van der Waals surface area contributed by atoms with Crippen LogP contribution in [0.4, 0.5) is 11.4 Å². The smallest absolute Gasteiger partial charge is 0.333 e. The van der Waals surface area contributed by atoms with Crippen molar-refractivity contribution in [2.24, 2.45) is 0 Å². The molecule has 1 heterocycles. The maximum atomic E-state index is 11.7. The van der Waals surface area contributed by atoms with E-state index >= 15 is 0 Å². The second-order valence-corrected chi connectivity index (χ2v) is 5.18. The normalized spacial score (nSPS) is 10.3. The Morgan fingerprint density at radius 2 is 1.83 bits per heavy atom. The standard InChI is InChI=1S/C13H10BrN3O6/c1-2-23-12-5-8(3-4-10(12)16(19)20)15-6-9(14)13(18)11(7-15)17(21)22/h3-7H,2H2,1H3. The van der Waals surface area contributed by atoms with Crippen molar-refractivity contribution in [1.29, 1.82) is 0 Å². The first-order chi connectivity index (χ1) is 10.8. The van der Waals surface area contributed by atoms with Gasteiger partial charge in [-0.3, -0.25) is 25.0 Å². The summed E-state index contributed by atoms with van der Waals surface area (Å²) < 4.78 is 6.55. The molecule has 0 aliphatic rings. The van der Waals surface area contributed by atoms with Gasteiger partial charge in [-0.25, -0.2) is 0 Å². The Balaban J connectivity index is 2.63. The molecule has 9 nitrogen and oxygen atoms in total. The Labute approximate surface area is 137 Å². The molecule has 0 bridgehead atoms. The number of nitrogens with zero attached hydrogens (tertiary/aromatic N) is 3. The van der Waals surface area contributed by atoms with Gasteiger partial charge in [0, 0.05) is 24.0 Å². The molecule has 0 saturated heterocycles. The topological polar surface area (TPSA) is 118 Å². The van der Waals surface area contributed by atoms with E-state index in [9.17, 15) is 25.0 Å². The molecule has 0 aliphatic heterocycles. The van der Waals surface area contributed by atoms with Gasteiger partial charge in [0.25, 0.3) is 5.43 Å². The summed E-state index contributed by atoms with van der Waals surface area (Å²) >= 11 is 2.97. The third-order valence-corrected chi connectivity index (χ3v) is 3.46. The highest BCUT2D eigenvalue weighted by Crippen LogP contribution is 2.30. The van der Waals surface area contributed by atoms with E-state index in [1.54, 1.807) is 6.92 Å². The predicted molar refractivity (Wildman–Crippen MR) is 84.2 cm³/mol. The molecule has 0 fully saturated rings. The van der Waals surface area contributed by atoms with Crippen LogP contribution in [0.15, 0.2) is 39.9 Å². The van der Waals surface area contributed by atoms with Crippen molar-refractivity contribution in [2.45, 2.75) is 6.92 Å². The first-order valence-corrected chi connectivity index (χ1v) is 7.12. The van der Waals surface area contributed by atoms with Crippen LogP contribution in [0.2, 0.25) is 0 Å². The fraction of sp³-hybridized carbons (Fsp3) is 0.154. The van der Waals surface area contributed by atoms with Crippen LogP contribution in [-0.2, 0) is 0 Å². The van der Waals surface area contributed by atoms with Crippen molar-refractivity contribution in [3.63, 3.8) is 0 Å². The van der Waals surface area contributed by atoms with Gasteiger partial charge >= 0.3 is 11.4 Å². The highest BCUT2D eigenvalue weighted by atomic mass is 79.9. The molecular weight excluding hydrogens is 374 g/mol. The Morgan fingerprint density at radius 1 is 1.17 bits per heavy atom. The second-order valence-electron chi connectivity index (χ2n) is 4.33. The predicted octanol–water partition coefficient (Wildman–Crippen LogP) is 2.82. The molecule has 0 saturated carbocycles. The molecule has 0 aliphatic carbocycles. The van der Waals surface area contributed by atoms with Crippen LogP contribution >= 0.6 is 15.9 Å². The molecule has 2 rings (SSSR count). The zero-order valence-corrected chi connectivity index (χ0v) is 13.3. The lowest BCUT2D eigenvalue weighted by molar-refractivity contribution is -0.386. The van der Waals surface area contributed by atoms with Gasteiger partial charge < -0.3 is 9.30 Å². The van der Waals surface area contributed by atoms with E-state index < -0.39 is 21.0 Å². The minimum absolute atomic E-state index is 0.00279. The zero-order valence-electron chi connectivity index (χ0n) is 11.8. The van der Waals surface area contributed by atoms with Crippen molar-refractivity contribution < 1.29 is 14.6 Å². The number of halogens is 1. The average molecular weight is 384 g/mol. The van der Waals surface area contributed by atoms with Crippen molar-refractivity contribution in [3.8, 4) is 11.4 Å². The van der Waals surface area contributed by atoms with E-state index in [0.717, 1.165) is 6.20 Å². The first-order valence-electron chi connectivity index (χ1n) is 6.33. The average Bonchev–Trinajstić information content (AvgIpc) is 2.49. The van der Waals surface area contributed by atoms with Crippen LogP contribution in [0.25, 0.3) is 5.69 Å². The molecule has 0 radical (unpaired) electrons. The number of aromatic nitrogens is 1. The highest BCUT2D eigenvalue weighted by molar-refractivity contribution is 9.10. The molecule has 0 amide bonds. The number of ether oxygens (including phenoxy) is 1. The van der Waals surface area contributed by atoms with Gasteiger partial charge in [0.1, 0.15) is 0 Å². The van der Waals surface area contributed by atoms with E-state index in [0.29, 0.717) is 5.69 Å². The van der Waals surface area contributed by atoms with Crippen molar-refractivity contribution >= 4 is 27.3 Å². The van der Waals surface area contributed by atoms with E-state index in [-0.39, 0.29) is 22.5 Å². The zero-order chi connectivity index (χ0) is 17.1. The Kier molecular flexibility index (Phi) is 4.74. The summed E-state index contributed by atoms with van der Waals surface area (Å²) in [6, 6.07) is 4.02. The minimum atomic E-state index is -0.793. The summed E-state index contributed by atoms with van der Waals surface area (Å²) in [6.07, 6.45) is 2.39. The number of hydrogen-bond acceptors (Lipinski definition) is 6. The van der Waals surface area contributed by atoms with Crippen LogP contribution in [0.1, 0.15) is 6.92 Å². The number of hydrogen-bond donors (Lipinski definition) is 0. The highest BCUT2D eigenvalue weighted by Gasteiger charge is 2.19. The SMILES string of the molecule is CCOc1cc(-n2cc(Br)c(=O)c([N+](=O)[O-])c2)ccc1[N+](=O)[O-]. The molecule has 0 N–H and O–H groups in total. The Morgan fingerprint density at radius 3 is 2.39 bits per heavy atom. The number of pyridine rings is 1. The summed E-state index contributed by atoms with van der Waals surface area (Å²) in [5.74, 6) is 0.0347. The minimum Gasteiger partial charge on any atom is -0.487 e. The fourth-order valence-corrected chi connectivity index (χ4v) is 2.32. The Bertz CT molecular complexity index is 848. The number of rotatable bonds is 5. The van der Waals surface area contributed by atoms with E-state index in [2.05, 4.69) is 15.9 Å². The Hall–Kier alpha value is -2.75. The van der Waals surface area contributed by atoms with E-state index in [4.69, 9.17) is 4.74 Å². The number of nitro benzene ring substituents is 1. The van der Waals surface area contributed by atoms with E-state index in [1.165, 1.54) is 29.0 Å². The number of benzene rings is 1. The summed E-state index contributed by atoms with van der Waals surface area (Å²) in [5, 5.41) is 21.9. The van der Waals surface area contributed by atoms with Gasteiger partial charge in [0.15, 0.2) is 5.75 Å². The molecule has 120 valence electrons. The molecule has 10 heteroatoms. The van der Waals surface area contributed by atoms with Gasteiger partial charge in [0.2, 0.25) is 0 Å². The monoisotopic (exact) mass is 383 g/mol. The lowest BCUT2D eigenvalue weighted by atomic mass is 10.2. The molecular formula is C13H10BrN3O6. The van der Waals surface area contributed by atoms with Crippen molar-refractivity contribution in [2.75, 3.05) is 6.61 Å². The largest absolute Gasteiger partial charge is 0.487 e. The third kappa shape index (κ3) is 3.37. The molecule has 1 aromatic carbocycles. The molecule has 0 spiro atoms. The summed E-state index contributed by atoms with van der Waals surface area (Å²) in [7, 11) is 0. The molecule has 23 heavy (non-hydrogen) atoms. The van der Waals surface area contributed by atoms with Crippen LogP contribution in [0.3, 0.4) is 0 Å². The first kappa shape index (κ1) is 16.6. The molecule has 0 atom stereocenters. The molecule has 2 aromatic rings. The van der Waals surface area contributed by atoms with Gasteiger partial charge in [-0.1, -0.05) is 0 Å². The second kappa shape index (κ2) is 6.57. The lowest BCUT2D eigenvalue weighted by Crippen LogP contribution is -2.12. The van der Waals surface area contributed by atoms with Crippen molar-refractivity contribution in [1.82, 2.24) is 4.57 Å². The van der Waals surface area contributed by atoms with E-state index in [1.807, 2.05) is 0 Å².